The van der Waals surface area contributed by atoms with Gasteiger partial charge in [0.15, 0.2) is 6.61 Å². The van der Waals surface area contributed by atoms with Crippen molar-refractivity contribution in [3.8, 4) is 28.6 Å². The molecule has 10 heteroatoms. The van der Waals surface area contributed by atoms with Gasteiger partial charge in [-0.1, -0.05) is 5.16 Å². The molecule has 3 aromatic rings. The number of amides is 2. The van der Waals surface area contributed by atoms with Crippen LogP contribution in [0, 0.1) is 0 Å². The van der Waals surface area contributed by atoms with Gasteiger partial charge in [0.2, 0.25) is 5.82 Å². The fourth-order valence-corrected chi connectivity index (χ4v) is 2.50. The Morgan fingerprint density at radius 1 is 0.871 bits per heavy atom. The van der Waals surface area contributed by atoms with E-state index in [1.54, 1.807) is 62.8 Å². The number of carbonyl (C=O) groups excluding carboxylic acids is 2. The second kappa shape index (κ2) is 10.6. The summed E-state index contributed by atoms with van der Waals surface area (Å²) in [5.74, 6) is 1.22. The van der Waals surface area contributed by atoms with Gasteiger partial charge in [0, 0.05) is 18.7 Å². The van der Waals surface area contributed by atoms with Gasteiger partial charge in [-0.25, -0.2) is 0 Å². The van der Waals surface area contributed by atoms with Crippen molar-refractivity contribution in [1.82, 2.24) is 20.8 Å². The van der Waals surface area contributed by atoms with E-state index in [1.807, 2.05) is 0 Å². The van der Waals surface area contributed by atoms with Gasteiger partial charge in [-0.15, -0.1) is 0 Å². The molecule has 0 radical (unpaired) electrons. The number of nitrogens with one attached hydrogen (secondary N) is 2. The first-order chi connectivity index (χ1) is 15.1. The van der Waals surface area contributed by atoms with Crippen LogP contribution in [-0.2, 0) is 4.79 Å². The third kappa shape index (κ3) is 6.20. The Labute approximate surface area is 178 Å². The molecular formula is C21H22N4O6. The molecule has 31 heavy (non-hydrogen) atoms. The average Bonchev–Trinajstić information content (AvgIpc) is 3.31. The summed E-state index contributed by atoms with van der Waals surface area (Å²) in [6.07, 6.45) is 0. The summed E-state index contributed by atoms with van der Waals surface area (Å²) in [5.41, 5.74) is 0.688. The zero-order valence-electron chi connectivity index (χ0n) is 17.1. The van der Waals surface area contributed by atoms with Crippen molar-refractivity contribution >= 4 is 11.8 Å². The van der Waals surface area contributed by atoms with E-state index in [-0.39, 0.29) is 37.3 Å². The Balaban J connectivity index is 1.37. The van der Waals surface area contributed by atoms with Gasteiger partial charge in [0.25, 0.3) is 5.91 Å². The number of aromatic nitrogens is 2. The van der Waals surface area contributed by atoms with Crippen molar-refractivity contribution in [3.05, 3.63) is 54.4 Å². The minimum absolute atomic E-state index is 0.144. The van der Waals surface area contributed by atoms with Gasteiger partial charge >= 0.3 is 11.8 Å². The standard InChI is InChI=1S/C21H22N4O6/c1-28-15-5-3-14(4-6-15)19-24-21(31-25-19)20(27)23-12-11-22-18(26)13-30-17-9-7-16(29-2)8-10-17/h3-10H,11-13H2,1-2H3,(H,22,26)(H,23,27). The van der Waals surface area contributed by atoms with E-state index in [4.69, 9.17) is 18.7 Å². The third-order valence-electron chi connectivity index (χ3n) is 4.13. The predicted molar refractivity (Wildman–Crippen MR) is 110 cm³/mol. The summed E-state index contributed by atoms with van der Waals surface area (Å²) >= 11 is 0. The number of benzene rings is 2. The molecule has 1 heterocycles. The fraction of sp³-hybridized carbons (Fsp3) is 0.238. The van der Waals surface area contributed by atoms with E-state index in [2.05, 4.69) is 20.8 Å². The highest BCUT2D eigenvalue weighted by molar-refractivity contribution is 5.89. The molecule has 1 aromatic heterocycles. The van der Waals surface area contributed by atoms with Crippen molar-refractivity contribution in [2.75, 3.05) is 33.9 Å². The Bertz CT molecular complexity index is 1000. The second-order valence-electron chi connectivity index (χ2n) is 6.22. The first-order valence-electron chi connectivity index (χ1n) is 9.39. The van der Waals surface area contributed by atoms with Gasteiger partial charge in [-0.2, -0.15) is 4.98 Å². The van der Waals surface area contributed by atoms with E-state index in [0.29, 0.717) is 22.8 Å². The molecular weight excluding hydrogens is 404 g/mol. The van der Waals surface area contributed by atoms with Crippen molar-refractivity contribution in [1.29, 1.82) is 0 Å². The second-order valence-corrected chi connectivity index (χ2v) is 6.22. The molecule has 2 aromatic carbocycles. The monoisotopic (exact) mass is 426 g/mol. The van der Waals surface area contributed by atoms with Crippen molar-refractivity contribution < 1.29 is 28.3 Å². The molecule has 10 nitrogen and oxygen atoms in total. The molecule has 3 rings (SSSR count). The quantitative estimate of drug-likeness (QED) is 0.469. The molecule has 0 bridgehead atoms. The topological polar surface area (TPSA) is 125 Å². The van der Waals surface area contributed by atoms with Crippen LogP contribution in [0.25, 0.3) is 11.4 Å². The van der Waals surface area contributed by atoms with E-state index < -0.39 is 5.91 Å². The third-order valence-corrected chi connectivity index (χ3v) is 4.13. The Kier molecular flexibility index (Phi) is 7.41. The molecule has 2 N–H and O–H groups in total. The van der Waals surface area contributed by atoms with Gasteiger partial charge in [0.1, 0.15) is 17.2 Å². The van der Waals surface area contributed by atoms with Crippen molar-refractivity contribution in [2.24, 2.45) is 0 Å². The van der Waals surface area contributed by atoms with Crippen LogP contribution in [0.4, 0.5) is 0 Å². The Morgan fingerprint density at radius 3 is 2.10 bits per heavy atom. The molecule has 0 spiro atoms. The van der Waals surface area contributed by atoms with E-state index in [1.165, 1.54) is 0 Å². The van der Waals surface area contributed by atoms with Gasteiger partial charge in [-0.05, 0) is 48.5 Å². The molecule has 0 saturated heterocycles. The zero-order chi connectivity index (χ0) is 22.1. The molecule has 162 valence electrons. The largest absolute Gasteiger partial charge is 0.497 e. The summed E-state index contributed by atoms with van der Waals surface area (Å²) < 4.78 is 20.5. The number of ether oxygens (including phenoxy) is 3. The Morgan fingerprint density at radius 2 is 1.45 bits per heavy atom. The van der Waals surface area contributed by atoms with Crippen molar-refractivity contribution in [3.63, 3.8) is 0 Å². The van der Waals surface area contributed by atoms with Crippen LogP contribution in [0.15, 0.2) is 53.1 Å². The maximum absolute atomic E-state index is 12.1. The number of nitrogens with zero attached hydrogens (tertiary/aromatic N) is 2. The lowest BCUT2D eigenvalue weighted by atomic mass is 10.2. The molecule has 2 amide bonds. The van der Waals surface area contributed by atoms with Crippen LogP contribution in [0.3, 0.4) is 0 Å². The highest BCUT2D eigenvalue weighted by Gasteiger charge is 2.16. The lowest BCUT2D eigenvalue weighted by Crippen LogP contribution is -2.36. The van der Waals surface area contributed by atoms with Gasteiger partial charge < -0.3 is 29.4 Å². The highest BCUT2D eigenvalue weighted by atomic mass is 16.5. The smallest absolute Gasteiger partial charge is 0.316 e. The minimum atomic E-state index is -0.531. The van der Waals surface area contributed by atoms with Crippen LogP contribution >= 0.6 is 0 Å². The summed E-state index contributed by atoms with van der Waals surface area (Å²) in [4.78, 5) is 28.0. The van der Waals surface area contributed by atoms with Gasteiger partial charge in [-0.3, -0.25) is 9.59 Å². The number of carbonyl (C=O) groups is 2. The number of hydrogen-bond donors (Lipinski definition) is 2. The number of rotatable bonds is 10. The lowest BCUT2D eigenvalue weighted by Gasteiger charge is -2.08. The maximum atomic E-state index is 12.1. The Hall–Kier alpha value is -4.08. The molecule has 0 aliphatic rings. The molecule has 0 atom stereocenters. The normalized spacial score (nSPS) is 10.3. The fourth-order valence-electron chi connectivity index (χ4n) is 2.50. The molecule has 0 saturated carbocycles. The van der Waals surface area contributed by atoms with E-state index in [0.717, 1.165) is 0 Å². The average molecular weight is 426 g/mol. The van der Waals surface area contributed by atoms with Crippen LogP contribution in [0.1, 0.15) is 10.7 Å². The maximum Gasteiger partial charge on any atom is 0.316 e. The van der Waals surface area contributed by atoms with E-state index in [9.17, 15) is 9.59 Å². The summed E-state index contributed by atoms with van der Waals surface area (Å²) in [6, 6.07) is 13.9. The summed E-state index contributed by atoms with van der Waals surface area (Å²) in [6.45, 7) is 0.262. The summed E-state index contributed by atoms with van der Waals surface area (Å²) in [5, 5.41) is 9.04. The molecule has 0 unspecified atom stereocenters. The first-order valence-corrected chi connectivity index (χ1v) is 9.39. The van der Waals surface area contributed by atoms with Crippen LogP contribution in [-0.4, -0.2) is 55.9 Å². The minimum Gasteiger partial charge on any atom is -0.497 e. The lowest BCUT2D eigenvalue weighted by molar-refractivity contribution is -0.123. The van der Waals surface area contributed by atoms with E-state index >= 15 is 0 Å². The van der Waals surface area contributed by atoms with Crippen LogP contribution in [0.2, 0.25) is 0 Å². The first kappa shape index (κ1) is 21.6. The molecule has 0 fully saturated rings. The van der Waals surface area contributed by atoms with Crippen LogP contribution < -0.4 is 24.8 Å². The zero-order valence-corrected chi connectivity index (χ0v) is 17.1. The SMILES string of the molecule is COc1ccc(OCC(=O)NCCNC(=O)c2nc(-c3ccc(OC)cc3)no2)cc1. The van der Waals surface area contributed by atoms with Crippen molar-refractivity contribution in [2.45, 2.75) is 0 Å². The van der Waals surface area contributed by atoms with Crippen LogP contribution in [0.5, 0.6) is 17.2 Å². The summed E-state index contributed by atoms with van der Waals surface area (Å²) in [7, 11) is 3.14. The predicted octanol–water partition coefficient (Wildman–Crippen LogP) is 1.68. The molecule has 0 aliphatic carbocycles. The van der Waals surface area contributed by atoms with Gasteiger partial charge in [0.05, 0.1) is 14.2 Å². The number of hydrogen-bond acceptors (Lipinski definition) is 8. The highest BCUT2D eigenvalue weighted by Crippen LogP contribution is 2.19. The molecule has 0 aliphatic heterocycles. The number of methoxy groups -OCH3 is 2.